The normalized spacial score (nSPS) is 14.1. The van der Waals surface area contributed by atoms with E-state index in [2.05, 4.69) is 25.6 Å². The average Bonchev–Trinajstić information content (AvgIpc) is 3.26. The molecule has 0 aliphatic heterocycles. The SMILES string of the molecule is C[C@H](Nc1ncc(F)c(-c2cnc3c(C(F)(F)F)cccn23)n1)c1ccc([C@H](O)CNC(C)(C)C)cc1. The van der Waals surface area contributed by atoms with Crippen LogP contribution in [-0.4, -0.2) is 36.5 Å². The number of fused-ring (bicyclic) bond motifs is 1. The molecule has 0 radical (unpaired) electrons. The van der Waals surface area contributed by atoms with Crippen LogP contribution >= 0.6 is 0 Å². The number of alkyl halides is 3. The molecule has 0 bridgehead atoms. The molecule has 3 heterocycles. The first-order chi connectivity index (χ1) is 17.3. The zero-order valence-corrected chi connectivity index (χ0v) is 20.8. The number of benzene rings is 1. The predicted molar refractivity (Wildman–Crippen MR) is 132 cm³/mol. The molecule has 37 heavy (non-hydrogen) atoms. The van der Waals surface area contributed by atoms with E-state index in [0.29, 0.717) is 6.54 Å². The Morgan fingerprint density at radius 2 is 1.68 bits per heavy atom. The second-order valence-corrected chi connectivity index (χ2v) is 9.83. The van der Waals surface area contributed by atoms with Crippen LogP contribution in [0.4, 0.5) is 23.5 Å². The molecule has 0 aliphatic carbocycles. The standard InChI is InChI=1S/C26H28F4N6O/c1-15(16-7-9-17(10-8-16)21(37)14-33-25(2,3)4)34-24-32-12-19(27)22(35-24)20-13-31-23-18(26(28,29)30)6-5-11-36(20)23/h5-13,15,21,33,37H,14H2,1-4H3,(H,32,34,35)/t15-,21+/m0/s1. The van der Waals surface area contributed by atoms with Crippen LogP contribution in [0.15, 0.2) is 55.0 Å². The van der Waals surface area contributed by atoms with E-state index in [-0.39, 0.29) is 34.6 Å². The van der Waals surface area contributed by atoms with Crippen molar-refractivity contribution in [2.75, 3.05) is 11.9 Å². The fourth-order valence-corrected chi connectivity index (χ4v) is 3.83. The van der Waals surface area contributed by atoms with Crippen molar-refractivity contribution in [1.29, 1.82) is 0 Å². The molecule has 4 rings (SSSR count). The van der Waals surface area contributed by atoms with Gasteiger partial charge in [0.1, 0.15) is 11.3 Å². The summed E-state index contributed by atoms with van der Waals surface area (Å²) in [7, 11) is 0. The van der Waals surface area contributed by atoms with Gasteiger partial charge in [0.25, 0.3) is 0 Å². The van der Waals surface area contributed by atoms with Gasteiger partial charge in [0.05, 0.1) is 35.8 Å². The van der Waals surface area contributed by atoms with Crippen molar-refractivity contribution in [3.05, 3.63) is 77.5 Å². The van der Waals surface area contributed by atoms with E-state index in [0.717, 1.165) is 34.0 Å². The van der Waals surface area contributed by atoms with Gasteiger partial charge in [0.15, 0.2) is 5.82 Å². The monoisotopic (exact) mass is 516 g/mol. The lowest BCUT2D eigenvalue weighted by Gasteiger charge is -2.23. The van der Waals surface area contributed by atoms with Crippen LogP contribution < -0.4 is 10.6 Å². The molecule has 11 heteroatoms. The summed E-state index contributed by atoms with van der Waals surface area (Å²) in [4.78, 5) is 12.1. The van der Waals surface area contributed by atoms with Crippen molar-refractivity contribution in [3.63, 3.8) is 0 Å². The minimum absolute atomic E-state index is 0.0684. The van der Waals surface area contributed by atoms with Crippen LogP contribution in [0.3, 0.4) is 0 Å². The number of aliphatic hydroxyl groups is 1. The van der Waals surface area contributed by atoms with E-state index < -0.39 is 23.7 Å². The summed E-state index contributed by atoms with van der Waals surface area (Å²) in [5, 5.41) is 16.8. The molecule has 7 nitrogen and oxygen atoms in total. The Kier molecular flexibility index (Phi) is 7.20. The lowest BCUT2D eigenvalue weighted by molar-refractivity contribution is -0.136. The lowest BCUT2D eigenvalue weighted by atomic mass is 10.0. The van der Waals surface area contributed by atoms with Crippen molar-refractivity contribution in [3.8, 4) is 11.4 Å². The van der Waals surface area contributed by atoms with E-state index in [1.807, 2.05) is 52.0 Å². The van der Waals surface area contributed by atoms with E-state index >= 15 is 0 Å². The smallest absolute Gasteiger partial charge is 0.387 e. The predicted octanol–water partition coefficient (Wildman–Crippen LogP) is 5.54. The van der Waals surface area contributed by atoms with Gasteiger partial charge in [-0.05, 0) is 51.0 Å². The Labute approximate surface area is 211 Å². The fourth-order valence-electron chi connectivity index (χ4n) is 3.83. The van der Waals surface area contributed by atoms with Crippen LogP contribution in [0.2, 0.25) is 0 Å². The summed E-state index contributed by atoms with van der Waals surface area (Å²) in [6, 6.07) is 9.24. The first-order valence-corrected chi connectivity index (χ1v) is 11.7. The minimum atomic E-state index is -4.60. The van der Waals surface area contributed by atoms with E-state index in [4.69, 9.17) is 0 Å². The Morgan fingerprint density at radius 1 is 1.00 bits per heavy atom. The highest BCUT2D eigenvalue weighted by molar-refractivity contribution is 5.64. The highest BCUT2D eigenvalue weighted by Gasteiger charge is 2.34. The second-order valence-electron chi connectivity index (χ2n) is 9.83. The molecule has 3 aromatic heterocycles. The van der Waals surface area contributed by atoms with Crippen LogP contribution in [0, 0.1) is 5.82 Å². The number of halogens is 4. The van der Waals surface area contributed by atoms with E-state index in [9.17, 15) is 22.7 Å². The van der Waals surface area contributed by atoms with E-state index in [1.165, 1.54) is 12.3 Å². The maximum atomic E-state index is 14.7. The number of nitrogens with one attached hydrogen (secondary N) is 2. The van der Waals surface area contributed by atoms with Crippen molar-refractivity contribution in [2.24, 2.45) is 0 Å². The number of imidazole rings is 1. The third kappa shape index (κ3) is 6.05. The Morgan fingerprint density at radius 3 is 2.32 bits per heavy atom. The van der Waals surface area contributed by atoms with Crippen LogP contribution in [0.5, 0.6) is 0 Å². The van der Waals surface area contributed by atoms with E-state index in [1.54, 1.807) is 0 Å². The van der Waals surface area contributed by atoms with Crippen LogP contribution in [0.1, 0.15) is 56.5 Å². The molecule has 0 saturated heterocycles. The average molecular weight is 517 g/mol. The Bertz CT molecular complexity index is 1380. The third-order valence-corrected chi connectivity index (χ3v) is 5.82. The van der Waals surface area contributed by atoms with Gasteiger partial charge in [-0.15, -0.1) is 0 Å². The van der Waals surface area contributed by atoms with Crippen molar-refractivity contribution >= 4 is 11.6 Å². The maximum absolute atomic E-state index is 14.7. The maximum Gasteiger partial charge on any atom is 0.419 e. The molecule has 0 aliphatic rings. The van der Waals surface area contributed by atoms with Crippen LogP contribution in [-0.2, 0) is 6.18 Å². The highest BCUT2D eigenvalue weighted by Crippen LogP contribution is 2.34. The molecule has 2 atom stereocenters. The van der Waals surface area contributed by atoms with Gasteiger partial charge in [0.2, 0.25) is 5.95 Å². The number of aromatic nitrogens is 4. The molecule has 0 saturated carbocycles. The summed E-state index contributed by atoms with van der Waals surface area (Å²) in [5.41, 5.74) is 0.145. The molecular formula is C26H28F4N6O. The van der Waals surface area contributed by atoms with Gasteiger partial charge >= 0.3 is 6.18 Å². The lowest BCUT2D eigenvalue weighted by Crippen LogP contribution is -2.38. The zero-order chi connectivity index (χ0) is 27.0. The molecule has 0 amide bonds. The topological polar surface area (TPSA) is 87.4 Å². The number of hydrogen-bond acceptors (Lipinski definition) is 6. The van der Waals surface area contributed by atoms with Gasteiger partial charge in [-0.25, -0.2) is 19.3 Å². The second kappa shape index (κ2) is 10.1. The molecule has 4 aromatic rings. The van der Waals surface area contributed by atoms with Gasteiger partial charge in [0, 0.05) is 18.3 Å². The largest absolute Gasteiger partial charge is 0.419 e. The van der Waals surface area contributed by atoms with Crippen molar-refractivity contribution in [1.82, 2.24) is 24.7 Å². The summed E-state index contributed by atoms with van der Waals surface area (Å²) in [6.45, 7) is 8.34. The molecular weight excluding hydrogens is 488 g/mol. The molecule has 1 aromatic carbocycles. The van der Waals surface area contributed by atoms with Crippen molar-refractivity contribution < 1.29 is 22.7 Å². The molecule has 0 fully saturated rings. The number of aliphatic hydroxyl groups excluding tert-OH is 1. The highest BCUT2D eigenvalue weighted by atomic mass is 19.4. The first kappa shape index (κ1) is 26.5. The van der Waals surface area contributed by atoms with Gasteiger partial charge < -0.3 is 15.7 Å². The summed E-state index contributed by atoms with van der Waals surface area (Å²) in [5.74, 6) is -0.691. The van der Waals surface area contributed by atoms with Gasteiger partial charge in [-0.3, -0.25) is 4.40 Å². The molecule has 0 unspecified atom stereocenters. The Hall–Kier alpha value is -3.57. The number of hydrogen-bond donors (Lipinski definition) is 3. The summed E-state index contributed by atoms with van der Waals surface area (Å²) in [6.07, 6.45) is -1.78. The molecule has 0 spiro atoms. The quantitative estimate of drug-likeness (QED) is 0.280. The molecule has 196 valence electrons. The number of pyridine rings is 1. The number of β-amino-alcohol motifs (C(OH)–C–C–N with tert-alkyl or cyclic N) is 1. The number of rotatable bonds is 7. The van der Waals surface area contributed by atoms with Gasteiger partial charge in [-0.2, -0.15) is 13.2 Å². The Balaban J connectivity index is 1.54. The number of anilines is 1. The molecule has 3 N–H and O–H groups in total. The van der Waals surface area contributed by atoms with Gasteiger partial charge in [-0.1, -0.05) is 24.3 Å². The summed E-state index contributed by atoms with van der Waals surface area (Å²) < 4.78 is 55.9. The summed E-state index contributed by atoms with van der Waals surface area (Å²) >= 11 is 0. The van der Waals surface area contributed by atoms with Crippen molar-refractivity contribution in [2.45, 2.75) is 51.6 Å². The van der Waals surface area contributed by atoms with Crippen LogP contribution in [0.25, 0.3) is 17.0 Å². The first-order valence-electron chi connectivity index (χ1n) is 11.7. The fraction of sp³-hybridized carbons (Fsp3) is 0.346. The third-order valence-electron chi connectivity index (χ3n) is 5.82. The minimum Gasteiger partial charge on any atom is -0.387 e. The number of nitrogens with zero attached hydrogens (tertiary/aromatic N) is 4. The zero-order valence-electron chi connectivity index (χ0n) is 20.8.